The highest BCUT2D eigenvalue weighted by Crippen LogP contribution is 2.42. The van der Waals surface area contributed by atoms with Crippen molar-refractivity contribution in [3.05, 3.63) is 69.8 Å². The summed E-state index contributed by atoms with van der Waals surface area (Å²) in [6, 6.07) is 2.22. The molecular weight excluding hydrogens is 645 g/mol. The second-order valence-electron chi connectivity index (χ2n) is 8.89. The maximum atomic E-state index is 15.0. The number of ketones is 1. The zero-order chi connectivity index (χ0) is 33.1. The lowest BCUT2D eigenvalue weighted by Gasteiger charge is -2.19. The molecule has 0 heterocycles. The number of hydrogen-bond acceptors (Lipinski definition) is 3. The van der Waals surface area contributed by atoms with E-state index in [1.165, 1.54) is 5.32 Å². The smallest absolute Gasteiger partial charge is 0.404 e. The van der Waals surface area contributed by atoms with E-state index in [1.807, 2.05) is 0 Å². The van der Waals surface area contributed by atoms with Crippen LogP contribution in [0.2, 0.25) is 5.02 Å². The van der Waals surface area contributed by atoms with E-state index < -0.39 is 100 Å². The van der Waals surface area contributed by atoms with Gasteiger partial charge in [0.25, 0.3) is 0 Å². The summed E-state index contributed by atoms with van der Waals surface area (Å²) in [4.78, 5) is 24.3. The number of nitrogens with one attached hydrogen (secondary N) is 1. The molecule has 1 amide bonds. The van der Waals surface area contributed by atoms with Crippen molar-refractivity contribution in [3.63, 3.8) is 0 Å². The molecule has 43 heavy (non-hydrogen) atoms. The van der Waals surface area contributed by atoms with Gasteiger partial charge in [0.05, 0.1) is 10.6 Å². The quantitative estimate of drug-likeness (QED) is 0.216. The molecule has 0 aliphatic heterocycles. The van der Waals surface area contributed by atoms with E-state index in [0.717, 1.165) is 6.92 Å². The van der Waals surface area contributed by atoms with Crippen LogP contribution in [0.4, 0.5) is 57.1 Å². The Hall–Kier alpha value is -3.50. The Kier molecular flexibility index (Phi) is 10.8. The van der Waals surface area contributed by atoms with Crippen LogP contribution in [0.1, 0.15) is 46.3 Å². The average Bonchev–Trinajstić information content (AvgIpc) is 2.84. The fourth-order valence-corrected chi connectivity index (χ4v) is 3.78. The van der Waals surface area contributed by atoms with Crippen LogP contribution in [0.3, 0.4) is 0 Å². The highest BCUT2D eigenvalue weighted by molar-refractivity contribution is 6.32. The monoisotopic (exact) mass is 661 g/mol. The number of benzene rings is 2. The molecule has 0 saturated heterocycles. The third-order valence-electron chi connectivity index (χ3n) is 5.51. The Morgan fingerprint density at radius 2 is 1.53 bits per heavy atom. The van der Waals surface area contributed by atoms with Crippen molar-refractivity contribution in [2.45, 2.75) is 44.2 Å². The van der Waals surface area contributed by atoms with Crippen molar-refractivity contribution in [3.8, 4) is 5.75 Å². The Morgan fingerprint density at radius 1 is 0.930 bits per heavy atom. The lowest BCUT2D eigenvalue weighted by Crippen LogP contribution is -2.37. The summed E-state index contributed by atoms with van der Waals surface area (Å²) in [6.45, 7) is -0.811. The van der Waals surface area contributed by atoms with Crippen molar-refractivity contribution in [1.82, 2.24) is 5.32 Å². The summed E-state index contributed by atoms with van der Waals surface area (Å²) in [5, 5.41) is 0.513. The number of allylic oxidation sites excluding steroid dienone is 1. The number of halogens is 14. The predicted molar refractivity (Wildman–Crippen MR) is 125 cm³/mol. The van der Waals surface area contributed by atoms with Crippen molar-refractivity contribution in [2.75, 3.05) is 6.54 Å². The molecule has 1 N–H and O–H groups in total. The van der Waals surface area contributed by atoms with E-state index in [4.69, 9.17) is 11.6 Å². The summed E-state index contributed by atoms with van der Waals surface area (Å²) in [5.74, 6) is -10.1. The van der Waals surface area contributed by atoms with Gasteiger partial charge in [-0.25, -0.2) is 4.39 Å². The van der Waals surface area contributed by atoms with Gasteiger partial charge in [0.15, 0.2) is 5.78 Å². The molecule has 2 aromatic rings. The molecule has 0 saturated carbocycles. The molecule has 0 spiro atoms. The summed E-state index contributed by atoms with van der Waals surface area (Å²) >= 11 is 5.56. The first-order valence-electron chi connectivity index (χ1n) is 11.5. The van der Waals surface area contributed by atoms with Gasteiger partial charge in [-0.15, -0.1) is 13.2 Å². The molecular formula is C25H17ClF13NO3. The third kappa shape index (κ3) is 10.6. The Morgan fingerprint density at radius 3 is 2.02 bits per heavy atom. The van der Waals surface area contributed by atoms with E-state index >= 15 is 0 Å². The number of ether oxygens (including phenoxy) is 1. The van der Waals surface area contributed by atoms with Crippen LogP contribution in [0.5, 0.6) is 5.75 Å². The van der Waals surface area contributed by atoms with E-state index in [1.54, 1.807) is 0 Å². The third-order valence-corrected chi connectivity index (χ3v) is 5.81. The fraction of sp³-hybridized carbons (Fsp3) is 0.360. The molecule has 2 atom stereocenters. The van der Waals surface area contributed by atoms with Crippen LogP contribution in [0.25, 0.3) is 5.83 Å². The van der Waals surface area contributed by atoms with Crippen molar-refractivity contribution >= 4 is 29.1 Å². The van der Waals surface area contributed by atoms with Crippen LogP contribution in [-0.2, 0) is 11.0 Å². The highest BCUT2D eigenvalue weighted by Gasteiger charge is 2.41. The maximum Gasteiger partial charge on any atom is 0.573 e. The van der Waals surface area contributed by atoms with Crippen molar-refractivity contribution < 1.29 is 71.4 Å². The topological polar surface area (TPSA) is 55.4 Å². The van der Waals surface area contributed by atoms with Crippen LogP contribution in [0.15, 0.2) is 42.5 Å². The van der Waals surface area contributed by atoms with Gasteiger partial charge in [-0.05, 0) is 29.8 Å². The second kappa shape index (κ2) is 13.0. The normalized spacial score (nSPS) is 14.7. The average molecular weight is 662 g/mol. The number of amides is 1. The molecule has 1 unspecified atom stereocenters. The number of rotatable bonds is 9. The van der Waals surface area contributed by atoms with Crippen LogP contribution in [-0.4, -0.2) is 37.0 Å². The predicted octanol–water partition coefficient (Wildman–Crippen LogP) is 8.80. The highest BCUT2D eigenvalue weighted by atomic mass is 35.5. The van der Waals surface area contributed by atoms with Crippen LogP contribution in [0, 0.1) is 5.92 Å². The number of carbonyl (C=O) groups is 2. The molecule has 0 fully saturated rings. The molecule has 238 valence electrons. The van der Waals surface area contributed by atoms with E-state index in [9.17, 15) is 66.7 Å². The van der Waals surface area contributed by atoms with Gasteiger partial charge in [0.1, 0.15) is 24.0 Å². The van der Waals surface area contributed by atoms with E-state index in [0.29, 0.717) is 30.3 Å². The molecule has 0 aliphatic carbocycles. The molecule has 0 radical (unpaired) electrons. The first-order chi connectivity index (χ1) is 19.4. The van der Waals surface area contributed by atoms with Crippen molar-refractivity contribution in [2.24, 2.45) is 5.92 Å². The first kappa shape index (κ1) is 35.7. The molecule has 4 nitrogen and oxygen atoms in total. The van der Waals surface area contributed by atoms with Gasteiger partial charge < -0.3 is 10.1 Å². The van der Waals surface area contributed by atoms with Gasteiger partial charge in [-0.1, -0.05) is 36.7 Å². The molecule has 0 bridgehead atoms. The lowest BCUT2D eigenvalue weighted by molar-refractivity contribution is -0.274. The summed E-state index contributed by atoms with van der Waals surface area (Å²) in [7, 11) is 0. The summed E-state index contributed by atoms with van der Waals surface area (Å²) < 4.78 is 175. The van der Waals surface area contributed by atoms with E-state index in [-0.39, 0.29) is 12.1 Å². The standard InChI is InChI=1S/C25H17ClF13NO3/c1-11(21(42)40-10-22(28,29)30)6-19(41)14-4-2-13(7-16(14)24(34,35)36)18(27)9-15(23(31,32)33)12-3-5-20(17(26)8-12)43-25(37,38)39/h2-5,7-9,11,15H,6,10H2,1H3,(H,40,42)/b18-9-/t11-,15?/m0/s1. The van der Waals surface area contributed by atoms with Gasteiger partial charge in [-0.3, -0.25) is 9.59 Å². The number of alkyl halides is 12. The van der Waals surface area contributed by atoms with Gasteiger partial charge >= 0.3 is 24.9 Å². The molecule has 2 rings (SSSR count). The van der Waals surface area contributed by atoms with Crippen LogP contribution < -0.4 is 10.1 Å². The molecule has 0 aliphatic rings. The molecule has 18 heteroatoms. The molecule has 0 aromatic heterocycles. The number of Topliss-reactive ketones (excluding diaryl/α,β-unsaturated/α-hetero) is 1. The van der Waals surface area contributed by atoms with Crippen LogP contribution >= 0.6 is 11.6 Å². The second-order valence-corrected chi connectivity index (χ2v) is 9.30. The maximum absolute atomic E-state index is 15.0. The number of hydrogen-bond donors (Lipinski definition) is 1. The Balaban J connectivity index is 2.44. The minimum absolute atomic E-state index is 0.00807. The zero-order valence-corrected chi connectivity index (χ0v) is 21.9. The lowest BCUT2D eigenvalue weighted by atomic mass is 9.92. The SMILES string of the molecule is C[C@@H](CC(=O)c1ccc(/C(F)=C/C(c2ccc(OC(F)(F)F)c(Cl)c2)C(F)(F)F)cc1C(F)(F)F)C(=O)NCC(F)(F)F. The number of carbonyl (C=O) groups excluding carboxylic acids is 2. The first-order valence-corrected chi connectivity index (χ1v) is 11.9. The van der Waals surface area contributed by atoms with Gasteiger partial charge in [-0.2, -0.15) is 39.5 Å². The minimum atomic E-state index is -5.38. The van der Waals surface area contributed by atoms with Crippen molar-refractivity contribution in [1.29, 1.82) is 0 Å². The largest absolute Gasteiger partial charge is 0.573 e. The van der Waals surface area contributed by atoms with Gasteiger partial charge in [0.2, 0.25) is 5.91 Å². The molecule has 2 aromatic carbocycles. The Labute approximate surface area is 238 Å². The zero-order valence-electron chi connectivity index (χ0n) is 21.1. The Bertz CT molecular complexity index is 1360. The summed E-state index contributed by atoms with van der Waals surface area (Å²) in [6.07, 6.45) is -21.9. The summed E-state index contributed by atoms with van der Waals surface area (Å²) in [5.41, 5.74) is -4.94. The minimum Gasteiger partial charge on any atom is -0.404 e. The van der Waals surface area contributed by atoms with E-state index in [2.05, 4.69) is 4.74 Å². The fourth-order valence-electron chi connectivity index (χ4n) is 3.55. The van der Waals surface area contributed by atoms with Gasteiger partial charge in [0, 0.05) is 23.5 Å².